The van der Waals surface area contributed by atoms with E-state index in [-0.39, 0.29) is 21.4 Å². The Labute approximate surface area is 87.2 Å². The van der Waals surface area contributed by atoms with E-state index in [0.29, 0.717) is 0 Å². The molecule has 0 aliphatic heterocycles. The average Bonchev–Trinajstić information content (AvgIpc) is 2.07. The second kappa shape index (κ2) is 3.62. The topological polar surface area (TPSA) is 112 Å². The number of carbonyl (C=O) groups is 1. The van der Waals surface area contributed by atoms with Gasteiger partial charge in [-0.05, 0) is 22.0 Å². The lowest BCUT2D eigenvalue weighted by Gasteiger charge is -2.02. The molecule has 0 aliphatic rings. The van der Waals surface area contributed by atoms with Crippen LogP contribution in [0.2, 0.25) is 0 Å². The van der Waals surface area contributed by atoms with Gasteiger partial charge < -0.3 is 11.5 Å². The highest BCUT2D eigenvalue weighted by atomic mass is 79.9. The third kappa shape index (κ3) is 1.82. The van der Waals surface area contributed by atoms with Gasteiger partial charge in [-0.3, -0.25) is 14.9 Å². The molecule has 1 aromatic rings. The first-order valence-electron chi connectivity index (χ1n) is 3.46. The van der Waals surface area contributed by atoms with Crippen LogP contribution in [0.4, 0.5) is 11.4 Å². The van der Waals surface area contributed by atoms with E-state index in [1.54, 1.807) is 0 Å². The van der Waals surface area contributed by atoms with Crippen molar-refractivity contribution >= 4 is 33.2 Å². The van der Waals surface area contributed by atoms with Crippen molar-refractivity contribution in [1.29, 1.82) is 0 Å². The third-order valence-corrected chi connectivity index (χ3v) is 2.22. The fraction of sp³-hybridized carbons (Fsp3) is 0. The van der Waals surface area contributed by atoms with Gasteiger partial charge in [0, 0.05) is 6.07 Å². The standard InChI is InChI=1S/C7H6BrN3O3/c8-4-1-3(7(10)12)5(9)2-6(4)11(13)14/h1-2H,9H2,(H2,10,12). The van der Waals surface area contributed by atoms with Gasteiger partial charge in [0.05, 0.1) is 20.6 Å². The molecule has 0 saturated heterocycles. The lowest BCUT2D eigenvalue weighted by molar-refractivity contribution is -0.385. The Hall–Kier alpha value is -1.63. The molecule has 1 aromatic carbocycles. The SMILES string of the molecule is NC(=O)c1cc(Br)c([N+](=O)[O-])cc1N. The van der Waals surface area contributed by atoms with Crippen LogP contribution in [-0.4, -0.2) is 10.8 Å². The molecule has 1 rings (SSSR count). The van der Waals surface area contributed by atoms with Crippen molar-refractivity contribution in [3.63, 3.8) is 0 Å². The first-order valence-corrected chi connectivity index (χ1v) is 4.26. The summed E-state index contributed by atoms with van der Waals surface area (Å²) in [5, 5.41) is 10.5. The van der Waals surface area contributed by atoms with E-state index in [1.165, 1.54) is 6.07 Å². The summed E-state index contributed by atoms with van der Waals surface area (Å²) in [4.78, 5) is 20.7. The largest absolute Gasteiger partial charge is 0.398 e. The van der Waals surface area contributed by atoms with Crippen molar-refractivity contribution in [3.05, 3.63) is 32.3 Å². The zero-order valence-corrected chi connectivity index (χ0v) is 8.45. The predicted molar refractivity (Wildman–Crippen MR) is 53.7 cm³/mol. The molecule has 0 unspecified atom stereocenters. The van der Waals surface area contributed by atoms with Crippen molar-refractivity contribution in [2.24, 2.45) is 5.73 Å². The quantitative estimate of drug-likeness (QED) is 0.469. The van der Waals surface area contributed by atoms with Gasteiger partial charge in [-0.1, -0.05) is 0 Å². The van der Waals surface area contributed by atoms with Crippen molar-refractivity contribution in [2.75, 3.05) is 5.73 Å². The van der Waals surface area contributed by atoms with Crippen LogP contribution in [0.1, 0.15) is 10.4 Å². The molecule has 0 saturated carbocycles. The van der Waals surface area contributed by atoms with E-state index in [4.69, 9.17) is 11.5 Å². The number of nitro benzene ring substituents is 1. The van der Waals surface area contributed by atoms with Gasteiger partial charge >= 0.3 is 0 Å². The molecule has 0 heterocycles. The maximum absolute atomic E-state index is 10.8. The minimum absolute atomic E-state index is 0.00704. The molecule has 0 bridgehead atoms. The van der Waals surface area contributed by atoms with Crippen LogP contribution in [-0.2, 0) is 0 Å². The molecule has 0 atom stereocenters. The summed E-state index contributed by atoms with van der Waals surface area (Å²) in [6.45, 7) is 0. The minimum atomic E-state index is -0.724. The lowest BCUT2D eigenvalue weighted by Crippen LogP contribution is -2.13. The second-order valence-corrected chi connectivity index (χ2v) is 3.37. The molecule has 74 valence electrons. The number of nitrogens with zero attached hydrogens (tertiary/aromatic N) is 1. The number of halogens is 1. The molecule has 0 fully saturated rings. The first-order chi connectivity index (χ1) is 6.43. The van der Waals surface area contributed by atoms with Gasteiger partial charge in [0.2, 0.25) is 0 Å². The zero-order valence-electron chi connectivity index (χ0n) is 6.86. The van der Waals surface area contributed by atoms with Gasteiger partial charge in [-0.15, -0.1) is 0 Å². The Morgan fingerprint density at radius 1 is 1.50 bits per heavy atom. The highest BCUT2D eigenvalue weighted by Gasteiger charge is 2.17. The van der Waals surface area contributed by atoms with Crippen LogP contribution < -0.4 is 11.5 Å². The highest BCUT2D eigenvalue weighted by Crippen LogP contribution is 2.29. The molecule has 6 nitrogen and oxygen atoms in total. The van der Waals surface area contributed by atoms with Crippen LogP contribution >= 0.6 is 15.9 Å². The number of nitrogen functional groups attached to an aromatic ring is 1. The number of anilines is 1. The fourth-order valence-electron chi connectivity index (χ4n) is 0.931. The van der Waals surface area contributed by atoms with Crippen LogP contribution in [0.5, 0.6) is 0 Å². The second-order valence-electron chi connectivity index (χ2n) is 2.51. The summed E-state index contributed by atoms with van der Waals surface area (Å²) in [5.74, 6) is -0.724. The Kier molecular flexibility index (Phi) is 2.70. The van der Waals surface area contributed by atoms with Gasteiger partial charge in [0.1, 0.15) is 0 Å². The maximum atomic E-state index is 10.8. The molecule has 4 N–H and O–H groups in total. The highest BCUT2D eigenvalue weighted by molar-refractivity contribution is 9.10. The van der Waals surface area contributed by atoms with Gasteiger partial charge in [0.25, 0.3) is 11.6 Å². The Morgan fingerprint density at radius 3 is 2.50 bits per heavy atom. The number of benzene rings is 1. The van der Waals surface area contributed by atoms with Crippen LogP contribution in [0.15, 0.2) is 16.6 Å². The van der Waals surface area contributed by atoms with Crippen molar-refractivity contribution in [3.8, 4) is 0 Å². The summed E-state index contributed by atoms with van der Waals surface area (Å²) in [6.07, 6.45) is 0. The molecular weight excluding hydrogens is 254 g/mol. The number of amides is 1. The van der Waals surface area contributed by atoms with Gasteiger partial charge in [-0.2, -0.15) is 0 Å². The summed E-state index contributed by atoms with van der Waals surface area (Å²) in [5.41, 5.74) is 10.3. The van der Waals surface area contributed by atoms with E-state index in [2.05, 4.69) is 15.9 Å². The Balaban J connectivity index is 3.38. The van der Waals surface area contributed by atoms with Crippen LogP contribution in [0, 0.1) is 10.1 Å². The molecular formula is C7H6BrN3O3. The Morgan fingerprint density at radius 2 is 2.07 bits per heavy atom. The van der Waals surface area contributed by atoms with E-state index >= 15 is 0 Å². The average molecular weight is 260 g/mol. The number of hydrogen-bond acceptors (Lipinski definition) is 4. The third-order valence-electron chi connectivity index (χ3n) is 1.58. The van der Waals surface area contributed by atoms with E-state index in [9.17, 15) is 14.9 Å². The molecule has 0 spiro atoms. The van der Waals surface area contributed by atoms with Crippen molar-refractivity contribution in [1.82, 2.24) is 0 Å². The summed E-state index contributed by atoms with van der Waals surface area (Å²) in [6, 6.07) is 2.32. The number of nitro groups is 1. The Bertz CT molecular complexity index is 379. The minimum Gasteiger partial charge on any atom is -0.398 e. The smallest absolute Gasteiger partial charge is 0.285 e. The van der Waals surface area contributed by atoms with E-state index < -0.39 is 10.8 Å². The summed E-state index contributed by atoms with van der Waals surface area (Å²) in [7, 11) is 0. The van der Waals surface area contributed by atoms with E-state index in [0.717, 1.165) is 6.07 Å². The maximum Gasteiger partial charge on any atom is 0.285 e. The summed E-state index contributed by atoms with van der Waals surface area (Å²) < 4.78 is 0.172. The first kappa shape index (κ1) is 10.5. The number of hydrogen-bond donors (Lipinski definition) is 2. The molecule has 0 aromatic heterocycles. The van der Waals surface area contributed by atoms with E-state index in [1.807, 2.05) is 0 Å². The normalized spacial score (nSPS) is 9.79. The van der Waals surface area contributed by atoms with Gasteiger partial charge in [0.15, 0.2) is 0 Å². The monoisotopic (exact) mass is 259 g/mol. The zero-order chi connectivity index (χ0) is 10.9. The molecule has 14 heavy (non-hydrogen) atoms. The van der Waals surface area contributed by atoms with Crippen molar-refractivity contribution < 1.29 is 9.72 Å². The molecule has 0 radical (unpaired) electrons. The van der Waals surface area contributed by atoms with Crippen molar-refractivity contribution in [2.45, 2.75) is 0 Å². The lowest BCUT2D eigenvalue weighted by atomic mass is 10.1. The number of nitrogens with two attached hydrogens (primary N) is 2. The molecule has 7 heteroatoms. The number of rotatable bonds is 2. The molecule has 0 aliphatic carbocycles. The predicted octanol–water partition coefficient (Wildman–Crippen LogP) is 1.04. The van der Waals surface area contributed by atoms with Crippen LogP contribution in [0.3, 0.4) is 0 Å². The van der Waals surface area contributed by atoms with Crippen LogP contribution in [0.25, 0.3) is 0 Å². The summed E-state index contributed by atoms with van der Waals surface area (Å²) >= 11 is 2.95. The molecule has 1 amide bonds. The van der Waals surface area contributed by atoms with Gasteiger partial charge in [-0.25, -0.2) is 0 Å². The number of primary amides is 1. The fourth-order valence-corrected chi connectivity index (χ4v) is 1.42. The number of carbonyl (C=O) groups excluding carboxylic acids is 1.